The van der Waals surface area contributed by atoms with Crippen LogP contribution in [0.4, 0.5) is 0 Å². The number of carbonyl (C=O) groups excluding carboxylic acids is 2. The zero-order valence-corrected chi connectivity index (χ0v) is 14.0. The minimum Gasteiger partial charge on any atom is -0.340 e. The van der Waals surface area contributed by atoms with Gasteiger partial charge >= 0.3 is 0 Å². The van der Waals surface area contributed by atoms with Gasteiger partial charge in [-0.25, -0.2) is 0 Å². The lowest BCUT2D eigenvalue weighted by molar-refractivity contribution is -0.156. The number of hydrogen-bond acceptors (Lipinski definition) is 3. The molecule has 0 spiro atoms. The topological polar surface area (TPSA) is 49.4 Å². The second-order valence-corrected chi connectivity index (χ2v) is 7.67. The predicted molar refractivity (Wildman–Crippen MR) is 87.1 cm³/mol. The Morgan fingerprint density at radius 2 is 2.14 bits per heavy atom. The summed E-state index contributed by atoms with van der Waals surface area (Å²) in [5, 5.41) is 3.01. The van der Waals surface area contributed by atoms with Crippen LogP contribution in [0.5, 0.6) is 0 Å². The van der Waals surface area contributed by atoms with Gasteiger partial charge in [-0.05, 0) is 31.6 Å². The van der Waals surface area contributed by atoms with Gasteiger partial charge in [-0.15, -0.1) is 6.58 Å². The molecule has 0 aromatic carbocycles. The molecule has 2 fully saturated rings. The Hall–Kier alpha value is -0.970. The van der Waals surface area contributed by atoms with Crippen molar-refractivity contribution in [2.75, 3.05) is 18.1 Å². The Balaban J connectivity index is 2.14. The van der Waals surface area contributed by atoms with E-state index in [1.807, 2.05) is 31.7 Å². The fraction of sp³-hybridized carbons (Fsp3) is 0.750. The SMILES string of the molecule is C=CCSCCN1C(=O)C(C)(C2CC2)NC(=O)C1C(C)C. The van der Waals surface area contributed by atoms with E-state index in [2.05, 4.69) is 11.9 Å². The fourth-order valence-electron chi connectivity index (χ4n) is 3.12. The Morgan fingerprint density at radius 3 is 2.67 bits per heavy atom. The maximum absolute atomic E-state index is 12.9. The van der Waals surface area contributed by atoms with Gasteiger partial charge < -0.3 is 10.2 Å². The van der Waals surface area contributed by atoms with Crippen LogP contribution in [0.25, 0.3) is 0 Å². The number of piperazine rings is 1. The molecule has 2 amide bonds. The van der Waals surface area contributed by atoms with E-state index < -0.39 is 5.54 Å². The third-order valence-corrected chi connectivity index (χ3v) is 5.37. The molecule has 5 heteroatoms. The molecular weight excluding hydrogens is 284 g/mol. The second kappa shape index (κ2) is 6.42. The molecule has 118 valence electrons. The number of amides is 2. The van der Waals surface area contributed by atoms with E-state index in [4.69, 9.17) is 0 Å². The van der Waals surface area contributed by atoms with Crippen molar-refractivity contribution in [3.8, 4) is 0 Å². The van der Waals surface area contributed by atoms with Gasteiger partial charge in [-0.3, -0.25) is 9.59 Å². The summed E-state index contributed by atoms with van der Waals surface area (Å²) in [6, 6.07) is -0.339. The van der Waals surface area contributed by atoms with E-state index in [1.165, 1.54) is 0 Å². The molecule has 2 aliphatic rings. The van der Waals surface area contributed by atoms with E-state index in [9.17, 15) is 9.59 Å². The summed E-state index contributed by atoms with van der Waals surface area (Å²) in [4.78, 5) is 27.3. The van der Waals surface area contributed by atoms with Gasteiger partial charge in [0.15, 0.2) is 0 Å². The molecule has 0 bridgehead atoms. The zero-order valence-electron chi connectivity index (χ0n) is 13.2. The molecule has 0 aromatic rings. The first-order valence-electron chi connectivity index (χ1n) is 7.73. The van der Waals surface area contributed by atoms with Gasteiger partial charge in [0.25, 0.3) is 0 Å². The van der Waals surface area contributed by atoms with Crippen molar-refractivity contribution in [3.05, 3.63) is 12.7 Å². The van der Waals surface area contributed by atoms with E-state index in [1.54, 1.807) is 11.8 Å². The van der Waals surface area contributed by atoms with Crippen molar-refractivity contribution in [1.29, 1.82) is 0 Å². The quantitative estimate of drug-likeness (QED) is 0.578. The van der Waals surface area contributed by atoms with Crippen LogP contribution in [0.1, 0.15) is 33.6 Å². The fourth-order valence-corrected chi connectivity index (χ4v) is 3.78. The summed E-state index contributed by atoms with van der Waals surface area (Å²) in [5.41, 5.74) is -0.689. The van der Waals surface area contributed by atoms with Crippen LogP contribution in [-0.4, -0.2) is 46.3 Å². The minimum absolute atomic E-state index is 0.00715. The first kappa shape index (κ1) is 16.4. The van der Waals surface area contributed by atoms with Crippen molar-refractivity contribution in [2.45, 2.75) is 45.2 Å². The molecule has 0 aromatic heterocycles. The number of carbonyl (C=O) groups is 2. The second-order valence-electron chi connectivity index (χ2n) is 6.52. The number of rotatable bonds is 7. The molecule has 1 N–H and O–H groups in total. The van der Waals surface area contributed by atoms with Crippen LogP contribution in [0.3, 0.4) is 0 Å². The van der Waals surface area contributed by atoms with Crippen LogP contribution in [0.15, 0.2) is 12.7 Å². The van der Waals surface area contributed by atoms with Crippen LogP contribution in [-0.2, 0) is 9.59 Å². The van der Waals surface area contributed by atoms with Crippen molar-refractivity contribution in [2.24, 2.45) is 11.8 Å². The van der Waals surface area contributed by atoms with Gasteiger partial charge in [0, 0.05) is 18.1 Å². The molecule has 4 nitrogen and oxygen atoms in total. The molecule has 2 atom stereocenters. The molecule has 0 radical (unpaired) electrons. The lowest BCUT2D eigenvalue weighted by atomic mass is 9.86. The smallest absolute Gasteiger partial charge is 0.249 e. The normalized spacial score (nSPS) is 29.7. The number of thioether (sulfide) groups is 1. The van der Waals surface area contributed by atoms with E-state index >= 15 is 0 Å². The summed E-state index contributed by atoms with van der Waals surface area (Å²) >= 11 is 1.74. The first-order chi connectivity index (χ1) is 9.91. The van der Waals surface area contributed by atoms with Crippen LogP contribution < -0.4 is 5.32 Å². The van der Waals surface area contributed by atoms with E-state index in [0.717, 1.165) is 24.3 Å². The Kier molecular flexibility index (Phi) is 5.02. The lowest BCUT2D eigenvalue weighted by Crippen LogP contribution is -2.71. The highest BCUT2D eigenvalue weighted by molar-refractivity contribution is 7.99. The summed E-state index contributed by atoms with van der Waals surface area (Å²) in [6.07, 6.45) is 3.94. The summed E-state index contributed by atoms with van der Waals surface area (Å²) in [7, 11) is 0. The standard InChI is InChI=1S/C16H26N2O2S/c1-5-9-21-10-8-18-13(11(2)3)14(19)17-16(4,15(18)20)12-6-7-12/h5,11-13H,1,6-10H2,2-4H3,(H,17,19). The van der Waals surface area contributed by atoms with Gasteiger partial charge in [-0.2, -0.15) is 11.8 Å². The summed E-state index contributed by atoms with van der Waals surface area (Å²) < 4.78 is 0. The molecule has 2 rings (SSSR count). The Morgan fingerprint density at radius 1 is 1.48 bits per heavy atom. The molecule has 2 unspecified atom stereocenters. The van der Waals surface area contributed by atoms with Gasteiger partial charge in [0.2, 0.25) is 11.8 Å². The first-order valence-corrected chi connectivity index (χ1v) is 8.89. The highest BCUT2D eigenvalue weighted by Crippen LogP contribution is 2.42. The molecule has 1 saturated carbocycles. The van der Waals surface area contributed by atoms with Crippen LogP contribution in [0.2, 0.25) is 0 Å². The highest BCUT2D eigenvalue weighted by Gasteiger charge is 2.55. The molecule has 21 heavy (non-hydrogen) atoms. The van der Waals surface area contributed by atoms with Gasteiger partial charge in [0.05, 0.1) is 0 Å². The number of nitrogens with zero attached hydrogens (tertiary/aromatic N) is 1. The third-order valence-electron chi connectivity index (χ3n) is 4.43. The van der Waals surface area contributed by atoms with Crippen LogP contribution in [0, 0.1) is 11.8 Å². The highest BCUT2D eigenvalue weighted by atomic mass is 32.2. The molecule has 1 aliphatic heterocycles. The number of hydrogen-bond donors (Lipinski definition) is 1. The molecular formula is C16H26N2O2S. The maximum atomic E-state index is 12.9. The number of nitrogens with one attached hydrogen (secondary N) is 1. The van der Waals surface area contributed by atoms with Crippen molar-refractivity contribution in [3.63, 3.8) is 0 Å². The molecule has 1 aliphatic carbocycles. The van der Waals surface area contributed by atoms with Crippen molar-refractivity contribution in [1.82, 2.24) is 10.2 Å². The maximum Gasteiger partial charge on any atom is 0.249 e. The summed E-state index contributed by atoms with van der Waals surface area (Å²) in [5.74, 6) is 2.26. The average molecular weight is 310 g/mol. The van der Waals surface area contributed by atoms with Crippen molar-refractivity contribution >= 4 is 23.6 Å². The van der Waals surface area contributed by atoms with Gasteiger partial charge in [-0.1, -0.05) is 19.9 Å². The van der Waals surface area contributed by atoms with E-state index in [-0.39, 0.29) is 23.8 Å². The van der Waals surface area contributed by atoms with Gasteiger partial charge in [0.1, 0.15) is 11.6 Å². The van der Waals surface area contributed by atoms with E-state index in [0.29, 0.717) is 12.5 Å². The predicted octanol–water partition coefficient (Wildman–Crippen LogP) is 2.06. The molecule has 1 saturated heterocycles. The monoisotopic (exact) mass is 310 g/mol. The average Bonchev–Trinajstić information content (AvgIpc) is 3.24. The Bertz CT molecular complexity index is 434. The zero-order chi connectivity index (χ0) is 15.6. The van der Waals surface area contributed by atoms with Crippen LogP contribution >= 0.6 is 11.8 Å². The largest absolute Gasteiger partial charge is 0.340 e. The molecule has 1 heterocycles. The summed E-state index contributed by atoms with van der Waals surface area (Å²) in [6.45, 7) is 10.2. The van der Waals surface area contributed by atoms with Crippen molar-refractivity contribution < 1.29 is 9.59 Å². The third kappa shape index (κ3) is 3.28. The minimum atomic E-state index is -0.689. The Labute approximate surface area is 131 Å². The lowest BCUT2D eigenvalue weighted by Gasteiger charge is -2.46.